The maximum absolute atomic E-state index is 11.9. The molecule has 19 heavy (non-hydrogen) atoms. The van der Waals surface area contributed by atoms with Gasteiger partial charge in [0.25, 0.3) is 5.91 Å². The van der Waals surface area contributed by atoms with E-state index in [0.717, 1.165) is 0 Å². The van der Waals surface area contributed by atoms with Crippen molar-refractivity contribution < 1.29 is 4.79 Å². The van der Waals surface area contributed by atoms with E-state index in [-0.39, 0.29) is 16.6 Å². The fourth-order valence-electron chi connectivity index (χ4n) is 1.32. The van der Waals surface area contributed by atoms with Gasteiger partial charge in [-0.15, -0.1) is 0 Å². The number of carbonyl (C=O) groups excluding carboxylic acids is 1. The maximum Gasteiger partial charge on any atom is 0.275 e. The third kappa shape index (κ3) is 3.33. The highest BCUT2D eigenvalue weighted by atomic mass is 79.9. The van der Waals surface area contributed by atoms with Crippen LogP contribution in [-0.2, 0) is 0 Å². The molecule has 7 heteroatoms. The molecule has 1 amide bonds. The van der Waals surface area contributed by atoms with Gasteiger partial charge < -0.3 is 11.1 Å². The van der Waals surface area contributed by atoms with Crippen molar-refractivity contribution in [1.29, 1.82) is 0 Å². The van der Waals surface area contributed by atoms with Crippen LogP contribution in [0.15, 0.2) is 41.1 Å². The number of hydrogen-bond acceptors (Lipinski definition) is 4. The summed E-state index contributed by atoms with van der Waals surface area (Å²) in [4.78, 5) is 20.2. The molecule has 0 aromatic carbocycles. The van der Waals surface area contributed by atoms with Crippen molar-refractivity contribution in [1.82, 2.24) is 9.97 Å². The Kier molecular flexibility index (Phi) is 4.18. The number of amides is 1. The normalized spacial score (nSPS) is 9.95. The van der Waals surface area contributed by atoms with Crippen molar-refractivity contribution in [3.05, 3.63) is 52.4 Å². The fourth-order valence-corrected chi connectivity index (χ4v) is 1.80. The summed E-state index contributed by atoms with van der Waals surface area (Å²) < 4.78 is 0.697. The van der Waals surface area contributed by atoms with Crippen molar-refractivity contribution >= 4 is 44.9 Å². The van der Waals surface area contributed by atoms with E-state index in [0.29, 0.717) is 15.9 Å². The minimum Gasteiger partial charge on any atom is -0.389 e. The number of nitrogens with zero attached hydrogens (tertiary/aromatic N) is 2. The van der Waals surface area contributed by atoms with Gasteiger partial charge in [-0.2, -0.15) is 0 Å². The summed E-state index contributed by atoms with van der Waals surface area (Å²) >= 11 is 8.11. The zero-order valence-electron chi connectivity index (χ0n) is 9.63. The molecule has 0 aliphatic rings. The van der Waals surface area contributed by atoms with Crippen LogP contribution in [0.3, 0.4) is 0 Å². The molecule has 0 atom stereocenters. The van der Waals surface area contributed by atoms with Gasteiger partial charge in [-0.05, 0) is 40.2 Å². The summed E-state index contributed by atoms with van der Waals surface area (Å²) in [5.74, 6) is 0.0848. The number of rotatable bonds is 3. The third-order valence-corrected chi connectivity index (χ3v) is 3.15. The van der Waals surface area contributed by atoms with E-state index < -0.39 is 0 Å². The monoisotopic (exact) mass is 336 g/mol. The van der Waals surface area contributed by atoms with Crippen LogP contribution in [0.5, 0.6) is 0 Å². The third-order valence-electron chi connectivity index (χ3n) is 2.27. The Morgan fingerprint density at radius 3 is 2.68 bits per heavy atom. The first kappa shape index (κ1) is 13.6. The molecule has 0 unspecified atom stereocenters. The first-order valence-corrected chi connectivity index (χ1v) is 6.46. The van der Waals surface area contributed by atoms with Gasteiger partial charge in [-0.3, -0.25) is 9.78 Å². The average molecular weight is 337 g/mol. The Morgan fingerprint density at radius 2 is 2.11 bits per heavy atom. The van der Waals surface area contributed by atoms with Crippen LogP contribution in [0.4, 0.5) is 5.82 Å². The Labute approximate surface area is 123 Å². The molecular formula is C12H9BrN4OS. The largest absolute Gasteiger partial charge is 0.389 e. The molecule has 0 bridgehead atoms. The number of nitrogens with two attached hydrogens (primary N) is 1. The predicted molar refractivity (Wildman–Crippen MR) is 80.0 cm³/mol. The van der Waals surface area contributed by atoms with Crippen LogP contribution in [0.25, 0.3) is 0 Å². The van der Waals surface area contributed by atoms with E-state index in [9.17, 15) is 4.79 Å². The minimum atomic E-state index is -0.353. The van der Waals surface area contributed by atoms with Gasteiger partial charge in [0.15, 0.2) is 0 Å². The van der Waals surface area contributed by atoms with Crippen LogP contribution in [0.2, 0.25) is 0 Å². The second-order valence-corrected chi connectivity index (χ2v) is 4.88. The molecule has 2 rings (SSSR count). The summed E-state index contributed by atoms with van der Waals surface area (Å²) in [7, 11) is 0. The summed E-state index contributed by atoms with van der Waals surface area (Å²) in [6, 6.07) is 6.75. The molecule has 0 fully saturated rings. The number of aromatic nitrogens is 2. The maximum atomic E-state index is 11.9. The lowest BCUT2D eigenvalue weighted by atomic mass is 10.2. The number of carbonyl (C=O) groups is 1. The van der Waals surface area contributed by atoms with Crippen LogP contribution in [0.1, 0.15) is 16.1 Å². The summed E-state index contributed by atoms with van der Waals surface area (Å²) in [5, 5.41) is 2.65. The van der Waals surface area contributed by atoms with Crippen LogP contribution in [-0.4, -0.2) is 20.9 Å². The van der Waals surface area contributed by atoms with Gasteiger partial charge in [-0.25, -0.2) is 4.98 Å². The van der Waals surface area contributed by atoms with Gasteiger partial charge in [0.2, 0.25) is 0 Å². The standard InChI is InChI=1S/C12H9BrN4OS/c13-8-2-1-5-15-11(8)17-12(18)9-4-3-7(6-16-9)10(14)19/h1-6H,(H2,14,19)(H,15,17,18). The van der Waals surface area contributed by atoms with Crippen molar-refractivity contribution in [2.45, 2.75) is 0 Å². The van der Waals surface area contributed by atoms with Crippen molar-refractivity contribution in [3.63, 3.8) is 0 Å². The number of anilines is 1. The zero-order valence-corrected chi connectivity index (χ0v) is 12.0. The quantitative estimate of drug-likeness (QED) is 0.839. The molecule has 0 spiro atoms. The molecule has 96 valence electrons. The molecule has 5 nitrogen and oxygen atoms in total. The topological polar surface area (TPSA) is 80.9 Å². The van der Waals surface area contributed by atoms with Crippen molar-refractivity contribution in [2.75, 3.05) is 5.32 Å². The highest BCUT2D eigenvalue weighted by molar-refractivity contribution is 9.10. The predicted octanol–water partition coefficient (Wildman–Crippen LogP) is 2.13. The van der Waals surface area contributed by atoms with Crippen molar-refractivity contribution in [2.24, 2.45) is 5.73 Å². The summed E-state index contributed by atoms with van der Waals surface area (Å²) in [6.45, 7) is 0. The van der Waals surface area contributed by atoms with E-state index in [4.69, 9.17) is 18.0 Å². The van der Waals surface area contributed by atoms with Gasteiger partial charge >= 0.3 is 0 Å². The fraction of sp³-hybridized carbons (Fsp3) is 0. The first-order valence-electron chi connectivity index (χ1n) is 5.25. The number of thiocarbonyl (C=S) groups is 1. The molecule has 2 aromatic heterocycles. The molecule has 0 saturated carbocycles. The Balaban J connectivity index is 2.16. The molecule has 2 aromatic rings. The molecule has 3 N–H and O–H groups in total. The van der Waals surface area contributed by atoms with Crippen molar-refractivity contribution in [3.8, 4) is 0 Å². The minimum absolute atomic E-state index is 0.243. The number of nitrogens with one attached hydrogen (secondary N) is 1. The Bertz CT molecular complexity index is 630. The van der Waals surface area contributed by atoms with E-state index in [1.54, 1.807) is 30.5 Å². The van der Waals surface area contributed by atoms with Crippen LogP contribution < -0.4 is 11.1 Å². The lowest BCUT2D eigenvalue weighted by Crippen LogP contribution is -2.16. The zero-order chi connectivity index (χ0) is 13.8. The van der Waals surface area contributed by atoms with E-state index in [2.05, 4.69) is 31.2 Å². The second-order valence-electron chi connectivity index (χ2n) is 3.58. The highest BCUT2D eigenvalue weighted by Crippen LogP contribution is 2.18. The molecule has 2 heterocycles. The Hall–Kier alpha value is -1.86. The Morgan fingerprint density at radius 1 is 1.32 bits per heavy atom. The van der Waals surface area contributed by atoms with E-state index in [1.165, 1.54) is 6.20 Å². The number of hydrogen-bond donors (Lipinski definition) is 2. The van der Waals surface area contributed by atoms with E-state index in [1.807, 2.05) is 0 Å². The number of halogens is 1. The second kappa shape index (κ2) is 5.85. The average Bonchev–Trinajstić information content (AvgIpc) is 2.41. The highest BCUT2D eigenvalue weighted by Gasteiger charge is 2.10. The van der Waals surface area contributed by atoms with Gasteiger partial charge in [-0.1, -0.05) is 12.2 Å². The van der Waals surface area contributed by atoms with E-state index >= 15 is 0 Å². The molecular weight excluding hydrogens is 328 g/mol. The first-order chi connectivity index (χ1) is 9.08. The molecule has 0 radical (unpaired) electrons. The van der Waals surface area contributed by atoms with Gasteiger partial charge in [0.05, 0.1) is 4.47 Å². The van der Waals surface area contributed by atoms with Gasteiger partial charge in [0, 0.05) is 18.0 Å². The summed E-state index contributed by atoms with van der Waals surface area (Å²) in [5.41, 5.74) is 6.34. The SMILES string of the molecule is NC(=S)c1ccc(C(=O)Nc2ncccc2Br)nc1. The van der Waals surface area contributed by atoms with Crippen LogP contribution in [0, 0.1) is 0 Å². The lowest BCUT2D eigenvalue weighted by Gasteiger charge is -2.05. The molecule has 0 aliphatic heterocycles. The lowest BCUT2D eigenvalue weighted by molar-refractivity contribution is 0.102. The van der Waals surface area contributed by atoms with Gasteiger partial charge in [0.1, 0.15) is 16.5 Å². The smallest absolute Gasteiger partial charge is 0.275 e. The van der Waals surface area contributed by atoms with Crippen LogP contribution >= 0.6 is 28.1 Å². The molecule has 0 saturated heterocycles. The summed E-state index contributed by atoms with van der Waals surface area (Å²) in [6.07, 6.45) is 3.05. The molecule has 0 aliphatic carbocycles. The number of pyridine rings is 2.